The molecule has 4 heteroatoms. The fraction of sp³-hybridized carbons (Fsp3) is 0.462. The van der Waals surface area contributed by atoms with Crippen molar-refractivity contribution in [2.24, 2.45) is 0 Å². The number of phenolic OH excluding ortho intramolecular Hbond substituents is 1. The van der Waals surface area contributed by atoms with Gasteiger partial charge in [0.2, 0.25) is 0 Å². The summed E-state index contributed by atoms with van der Waals surface area (Å²) in [5.74, 6) is 0.134. The van der Waals surface area contributed by atoms with Gasteiger partial charge >= 0.3 is 0 Å². The van der Waals surface area contributed by atoms with Crippen molar-refractivity contribution in [2.45, 2.75) is 25.8 Å². The number of benzene rings is 1. The Labute approximate surface area is 101 Å². The highest BCUT2D eigenvalue weighted by molar-refractivity contribution is 5.96. The van der Waals surface area contributed by atoms with Gasteiger partial charge in [-0.2, -0.15) is 0 Å². The van der Waals surface area contributed by atoms with E-state index in [0.29, 0.717) is 5.56 Å². The second kappa shape index (κ2) is 5.19. The summed E-state index contributed by atoms with van der Waals surface area (Å²) in [4.78, 5) is 12.0. The molecule has 1 aliphatic heterocycles. The second-order valence-electron chi connectivity index (χ2n) is 4.52. The number of hydrogen-bond donors (Lipinski definition) is 3. The summed E-state index contributed by atoms with van der Waals surface area (Å²) in [7, 11) is 0. The highest BCUT2D eigenvalue weighted by atomic mass is 16.3. The number of aryl methyl sites for hydroxylation is 1. The molecular weight excluding hydrogens is 216 g/mol. The van der Waals surface area contributed by atoms with Crippen molar-refractivity contribution >= 4 is 5.91 Å². The molecule has 1 fully saturated rings. The highest BCUT2D eigenvalue weighted by Crippen LogP contribution is 2.16. The van der Waals surface area contributed by atoms with Crippen molar-refractivity contribution in [3.63, 3.8) is 0 Å². The average molecular weight is 234 g/mol. The van der Waals surface area contributed by atoms with Crippen molar-refractivity contribution in [3.05, 3.63) is 29.3 Å². The summed E-state index contributed by atoms with van der Waals surface area (Å²) in [6.07, 6.45) is 2.12. The van der Waals surface area contributed by atoms with Crippen molar-refractivity contribution in [3.8, 4) is 5.75 Å². The molecule has 1 unspecified atom stereocenters. The lowest BCUT2D eigenvalue weighted by molar-refractivity contribution is 0.0930. The van der Waals surface area contributed by atoms with Gasteiger partial charge in [-0.25, -0.2) is 0 Å². The molecule has 1 saturated heterocycles. The Hall–Kier alpha value is -1.55. The Balaban J connectivity index is 2.03. The van der Waals surface area contributed by atoms with Gasteiger partial charge in [-0.1, -0.05) is 0 Å². The Morgan fingerprint density at radius 2 is 2.35 bits per heavy atom. The highest BCUT2D eigenvalue weighted by Gasteiger charge is 2.17. The predicted octanol–water partition coefficient (Wildman–Crippen LogP) is 1.18. The number of piperidine rings is 1. The minimum atomic E-state index is -0.0591. The van der Waals surface area contributed by atoms with E-state index in [1.165, 1.54) is 0 Å². The molecule has 0 bridgehead atoms. The van der Waals surface area contributed by atoms with E-state index in [2.05, 4.69) is 10.6 Å². The Bertz CT molecular complexity index is 412. The zero-order chi connectivity index (χ0) is 12.3. The molecule has 3 N–H and O–H groups in total. The van der Waals surface area contributed by atoms with E-state index in [-0.39, 0.29) is 17.7 Å². The molecule has 0 saturated carbocycles. The number of rotatable bonds is 2. The van der Waals surface area contributed by atoms with Crippen LogP contribution in [0.15, 0.2) is 18.2 Å². The van der Waals surface area contributed by atoms with Crippen LogP contribution in [0.25, 0.3) is 0 Å². The first kappa shape index (κ1) is 11.9. The lowest BCUT2D eigenvalue weighted by Crippen LogP contribution is -2.45. The number of hydrogen-bond acceptors (Lipinski definition) is 3. The minimum absolute atomic E-state index is 0.0591. The average Bonchev–Trinajstić information content (AvgIpc) is 2.30. The molecule has 1 amide bonds. The summed E-state index contributed by atoms with van der Waals surface area (Å²) >= 11 is 0. The molecule has 17 heavy (non-hydrogen) atoms. The van der Waals surface area contributed by atoms with Crippen molar-refractivity contribution in [2.75, 3.05) is 13.1 Å². The molecule has 1 aromatic rings. The molecule has 92 valence electrons. The van der Waals surface area contributed by atoms with E-state index >= 15 is 0 Å². The number of carbonyl (C=O) groups is 1. The molecule has 4 nitrogen and oxygen atoms in total. The van der Waals surface area contributed by atoms with Crippen LogP contribution in [-0.2, 0) is 0 Å². The standard InChI is InChI=1S/C13H18N2O2/c1-9-7-11(16)4-5-12(9)13(17)15-10-3-2-6-14-8-10/h4-5,7,10,14,16H,2-3,6,8H2,1H3,(H,15,17). The molecule has 1 atom stereocenters. The number of amides is 1. The van der Waals surface area contributed by atoms with Gasteiger partial charge in [0.1, 0.15) is 5.75 Å². The van der Waals surface area contributed by atoms with E-state index in [9.17, 15) is 9.90 Å². The van der Waals surface area contributed by atoms with Gasteiger partial charge in [-0.3, -0.25) is 4.79 Å². The lowest BCUT2D eigenvalue weighted by atomic mass is 10.0. The SMILES string of the molecule is Cc1cc(O)ccc1C(=O)NC1CCCNC1. The van der Waals surface area contributed by atoms with Crippen LogP contribution >= 0.6 is 0 Å². The first-order valence-electron chi connectivity index (χ1n) is 5.98. The van der Waals surface area contributed by atoms with Crippen LogP contribution in [0.4, 0.5) is 0 Å². The van der Waals surface area contributed by atoms with Crippen LogP contribution in [0.5, 0.6) is 5.75 Å². The number of nitrogens with one attached hydrogen (secondary N) is 2. The van der Waals surface area contributed by atoms with Crippen molar-refractivity contribution < 1.29 is 9.90 Å². The minimum Gasteiger partial charge on any atom is -0.508 e. The van der Waals surface area contributed by atoms with Crippen LogP contribution in [0, 0.1) is 6.92 Å². The number of phenols is 1. The summed E-state index contributed by atoms with van der Waals surface area (Å²) in [5.41, 5.74) is 1.43. The van der Waals surface area contributed by atoms with Crippen LogP contribution in [0.1, 0.15) is 28.8 Å². The summed E-state index contributed by atoms with van der Waals surface area (Å²) in [6.45, 7) is 3.70. The van der Waals surface area contributed by atoms with Gasteiger partial charge < -0.3 is 15.7 Å². The molecule has 1 aromatic carbocycles. The van der Waals surface area contributed by atoms with Crippen LogP contribution in [0.3, 0.4) is 0 Å². The summed E-state index contributed by atoms with van der Waals surface area (Å²) in [6, 6.07) is 5.02. The summed E-state index contributed by atoms with van der Waals surface area (Å²) < 4.78 is 0. The monoisotopic (exact) mass is 234 g/mol. The molecule has 0 aromatic heterocycles. The third kappa shape index (κ3) is 2.97. The molecule has 2 rings (SSSR count). The fourth-order valence-corrected chi connectivity index (χ4v) is 2.14. The fourth-order valence-electron chi connectivity index (χ4n) is 2.14. The van der Waals surface area contributed by atoms with E-state index in [1.807, 2.05) is 6.92 Å². The maximum Gasteiger partial charge on any atom is 0.251 e. The molecule has 1 heterocycles. The Morgan fingerprint density at radius 3 is 3.00 bits per heavy atom. The lowest BCUT2D eigenvalue weighted by Gasteiger charge is -2.24. The Morgan fingerprint density at radius 1 is 1.53 bits per heavy atom. The third-order valence-corrected chi connectivity index (χ3v) is 3.09. The predicted molar refractivity (Wildman–Crippen MR) is 66.2 cm³/mol. The van der Waals surface area contributed by atoms with Crippen molar-refractivity contribution in [1.29, 1.82) is 0 Å². The zero-order valence-electron chi connectivity index (χ0n) is 9.99. The molecule has 0 radical (unpaired) electrons. The van der Waals surface area contributed by atoms with Gasteiger partial charge in [-0.15, -0.1) is 0 Å². The van der Waals surface area contributed by atoms with E-state index in [1.54, 1.807) is 18.2 Å². The van der Waals surface area contributed by atoms with Gasteiger partial charge in [-0.05, 0) is 50.1 Å². The van der Waals surface area contributed by atoms with Gasteiger partial charge in [0, 0.05) is 18.2 Å². The van der Waals surface area contributed by atoms with E-state index in [4.69, 9.17) is 0 Å². The van der Waals surface area contributed by atoms with E-state index < -0.39 is 0 Å². The Kier molecular flexibility index (Phi) is 3.64. The van der Waals surface area contributed by atoms with Crippen LogP contribution in [0.2, 0.25) is 0 Å². The molecule has 1 aliphatic rings. The zero-order valence-corrected chi connectivity index (χ0v) is 9.99. The first-order chi connectivity index (χ1) is 8.16. The largest absolute Gasteiger partial charge is 0.508 e. The smallest absolute Gasteiger partial charge is 0.251 e. The quantitative estimate of drug-likeness (QED) is 0.720. The molecule has 0 spiro atoms. The maximum atomic E-state index is 12.0. The third-order valence-electron chi connectivity index (χ3n) is 3.09. The van der Waals surface area contributed by atoms with E-state index in [0.717, 1.165) is 31.5 Å². The van der Waals surface area contributed by atoms with Gasteiger partial charge in [0.05, 0.1) is 0 Å². The van der Waals surface area contributed by atoms with Crippen molar-refractivity contribution in [1.82, 2.24) is 10.6 Å². The number of carbonyl (C=O) groups excluding carboxylic acids is 1. The topological polar surface area (TPSA) is 61.4 Å². The van der Waals surface area contributed by atoms with Gasteiger partial charge in [0.15, 0.2) is 0 Å². The summed E-state index contributed by atoms with van der Waals surface area (Å²) in [5, 5.41) is 15.6. The maximum absolute atomic E-state index is 12.0. The number of aromatic hydroxyl groups is 1. The second-order valence-corrected chi connectivity index (χ2v) is 4.52. The van der Waals surface area contributed by atoms with Gasteiger partial charge in [0.25, 0.3) is 5.91 Å². The molecular formula is C13H18N2O2. The normalized spacial score (nSPS) is 19.9. The molecule has 0 aliphatic carbocycles. The van der Waals surface area contributed by atoms with Crippen LogP contribution in [-0.4, -0.2) is 30.1 Å². The van der Waals surface area contributed by atoms with Crippen LogP contribution < -0.4 is 10.6 Å². The first-order valence-corrected chi connectivity index (χ1v) is 5.98.